The third-order valence-corrected chi connectivity index (χ3v) is 5.35. The molecule has 2 aromatic rings. The first-order valence-electron chi connectivity index (χ1n) is 9.94. The number of Topliss-reactive ketones (excluding diaryl/α,β-unsaturated/α-hetero) is 1. The molecule has 1 saturated heterocycles. The molecule has 2 heterocycles. The molecule has 0 unspecified atom stereocenters. The average molecular weight is 414 g/mol. The van der Waals surface area contributed by atoms with Crippen molar-refractivity contribution in [1.82, 2.24) is 4.90 Å². The number of nitrogens with zero attached hydrogens (tertiary/aromatic N) is 1. The number of hydrogen-bond donors (Lipinski definition) is 1. The number of amides is 1. The summed E-state index contributed by atoms with van der Waals surface area (Å²) in [4.78, 5) is 26.7. The normalized spacial score (nSPS) is 16.3. The SMILES string of the molecule is O=C(Nc1ccc2c(c1)OCO2)OCCN1CCC(C(=O)c2ccc(F)cc2)CC1. The number of anilines is 1. The lowest BCUT2D eigenvalue weighted by Crippen LogP contribution is -2.38. The zero-order chi connectivity index (χ0) is 20.9. The van der Waals surface area contributed by atoms with Gasteiger partial charge in [-0.25, -0.2) is 9.18 Å². The van der Waals surface area contributed by atoms with Crippen LogP contribution in [0.2, 0.25) is 0 Å². The first-order chi connectivity index (χ1) is 14.6. The van der Waals surface area contributed by atoms with Crippen molar-refractivity contribution >= 4 is 17.6 Å². The molecule has 2 aliphatic heterocycles. The van der Waals surface area contributed by atoms with E-state index in [1.54, 1.807) is 18.2 Å². The summed E-state index contributed by atoms with van der Waals surface area (Å²) in [5.74, 6) is 0.904. The Kier molecular flexibility index (Phi) is 6.13. The summed E-state index contributed by atoms with van der Waals surface area (Å²) in [6, 6.07) is 10.8. The van der Waals surface area contributed by atoms with Gasteiger partial charge in [0.05, 0.1) is 0 Å². The van der Waals surface area contributed by atoms with Crippen molar-refractivity contribution in [3.8, 4) is 11.5 Å². The molecule has 2 aromatic carbocycles. The highest BCUT2D eigenvalue weighted by atomic mass is 19.1. The summed E-state index contributed by atoms with van der Waals surface area (Å²) in [5.41, 5.74) is 1.13. The molecule has 0 radical (unpaired) electrons. The monoisotopic (exact) mass is 414 g/mol. The van der Waals surface area contributed by atoms with E-state index in [0.717, 1.165) is 25.9 Å². The van der Waals surface area contributed by atoms with Gasteiger partial charge in [0, 0.05) is 29.8 Å². The summed E-state index contributed by atoms with van der Waals surface area (Å²) in [7, 11) is 0. The second kappa shape index (κ2) is 9.13. The number of nitrogens with one attached hydrogen (secondary N) is 1. The third-order valence-electron chi connectivity index (χ3n) is 5.35. The molecule has 0 atom stereocenters. The fourth-order valence-corrected chi connectivity index (χ4v) is 3.66. The number of fused-ring (bicyclic) bond motifs is 1. The number of rotatable bonds is 6. The van der Waals surface area contributed by atoms with Crippen LogP contribution in [0.4, 0.5) is 14.9 Å². The van der Waals surface area contributed by atoms with Crippen LogP contribution in [0.25, 0.3) is 0 Å². The van der Waals surface area contributed by atoms with Crippen molar-refractivity contribution in [1.29, 1.82) is 0 Å². The van der Waals surface area contributed by atoms with Crippen LogP contribution < -0.4 is 14.8 Å². The van der Waals surface area contributed by atoms with E-state index in [9.17, 15) is 14.0 Å². The van der Waals surface area contributed by atoms with E-state index in [1.165, 1.54) is 24.3 Å². The number of hydrogen-bond acceptors (Lipinski definition) is 6. The predicted molar refractivity (Wildman–Crippen MR) is 107 cm³/mol. The Bertz CT molecular complexity index is 910. The molecule has 0 spiro atoms. The molecule has 30 heavy (non-hydrogen) atoms. The van der Waals surface area contributed by atoms with Gasteiger partial charge in [0.25, 0.3) is 0 Å². The van der Waals surface area contributed by atoms with Crippen LogP contribution in [0.15, 0.2) is 42.5 Å². The van der Waals surface area contributed by atoms with Crippen molar-refractivity contribution in [2.45, 2.75) is 12.8 Å². The maximum Gasteiger partial charge on any atom is 0.411 e. The van der Waals surface area contributed by atoms with E-state index < -0.39 is 6.09 Å². The Labute approximate surface area is 173 Å². The Morgan fingerprint density at radius 3 is 2.57 bits per heavy atom. The highest BCUT2D eigenvalue weighted by Gasteiger charge is 2.25. The number of ketones is 1. The standard InChI is InChI=1S/C22H23FN2O5/c23-17-3-1-15(2-4-17)21(26)16-7-9-25(10-8-16)11-12-28-22(27)24-18-5-6-19-20(13-18)30-14-29-19/h1-6,13,16H,7-12,14H2,(H,24,27). The molecule has 0 bridgehead atoms. The molecule has 7 nitrogen and oxygen atoms in total. The minimum Gasteiger partial charge on any atom is -0.454 e. The summed E-state index contributed by atoms with van der Waals surface area (Å²) in [6.45, 7) is 2.55. The topological polar surface area (TPSA) is 77.1 Å². The summed E-state index contributed by atoms with van der Waals surface area (Å²) in [5, 5.41) is 2.67. The largest absolute Gasteiger partial charge is 0.454 e. The number of carbonyl (C=O) groups excluding carboxylic acids is 2. The van der Waals surface area contributed by atoms with Gasteiger partial charge in [-0.2, -0.15) is 0 Å². The number of halogens is 1. The molecule has 0 aliphatic carbocycles. The van der Waals surface area contributed by atoms with E-state index in [1.807, 2.05) is 0 Å². The number of benzene rings is 2. The van der Waals surface area contributed by atoms with Gasteiger partial charge >= 0.3 is 6.09 Å². The number of piperidine rings is 1. The van der Waals surface area contributed by atoms with E-state index >= 15 is 0 Å². The summed E-state index contributed by atoms with van der Waals surface area (Å²) < 4.78 is 28.8. The lowest BCUT2D eigenvalue weighted by Gasteiger charge is -2.31. The fourth-order valence-electron chi connectivity index (χ4n) is 3.66. The molecule has 2 aliphatic rings. The van der Waals surface area contributed by atoms with Gasteiger partial charge in [-0.1, -0.05) is 0 Å². The van der Waals surface area contributed by atoms with Crippen molar-refractivity contribution in [2.24, 2.45) is 5.92 Å². The predicted octanol–water partition coefficient (Wildman–Crippen LogP) is 3.70. The highest BCUT2D eigenvalue weighted by Crippen LogP contribution is 2.34. The molecule has 0 aromatic heterocycles. The maximum atomic E-state index is 13.0. The van der Waals surface area contributed by atoms with Crippen LogP contribution in [0, 0.1) is 11.7 Å². The molecule has 158 valence electrons. The van der Waals surface area contributed by atoms with Gasteiger partial charge in [0.1, 0.15) is 12.4 Å². The Hall–Kier alpha value is -3.13. The van der Waals surface area contributed by atoms with Gasteiger partial charge in [-0.15, -0.1) is 0 Å². The van der Waals surface area contributed by atoms with Crippen LogP contribution in [0.5, 0.6) is 11.5 Å². The Balaban J connectivity index is 1.16. The number of carbonyl (C=O) groups is 2. The second-order valence-corrected chi connectivity index (χ2v) is 7.32. The van der Waals surface area contributed by atoms with Crippen LogP contribution in [-0.2, 0) is 4.74 Å². The molecule has 4 rings (SSSR count). The average Bonchev–Trinajstić information content (AvgIpc) is 3.22. The lowest BCUT2D eigenvalue weighted by molar-refractivity contribution is 0.0813. The molecular formula is C22H23FN2O5. The zero-order valence-electron chi connectivity index (χ0n) is 16.4. The summed E-state index contributed by atoms with van der Waals surface area (Å²) in [6.07, 6.45) is 0.939. The quantitative estimate of drug-likeness (QED) is 0.727. The van der Waals surface area contributed by atoms with Crippen molar-refractivity contribution in [3.05, 3.63) is 53.8 Å². The molecule has 0 saturated carbocycles. The lowest BCUT2D eigenvalue weighted by atomic mass is 9.89. The zero-order valence-corrected chi connectivity index (χ0v) is 16.4. The molecule has 1 N–H and O–H groups in total. The molecule has 1 fully saturated rings. The Morgan fingerprint density at radius 1 is 1.07 bits per heavy atom. The first kappa shape index (κ1) is 20.2. The Morgan fingerprint density at radius 2 is 1.80 bits per heavy atom. The van der Waals surface area contributed by atoms with Gasteiger partial charge in [-0.3, -0.25) is 15.0 Å². The highest BCUT2D eigenvalue weighted by molar-refractivity contribution is 5.97. The van der Waals surface area contributed by atoms with E-state index in [2.05, 4.69) is 10.2 Å². The molecular weight excluding hydrogens is 391 g/mol. The van der Waals surface area contributed by atoms with Crippen LogP contribution >= 0.6 is 0 Å². The van der Waals surface area contributed by atoms with Crippen molar-refractivity contribution < 1.29 is 28.2 Å². The second-order valence-electron chi connectivity index (χ2n) is 7.32. The number of ether oxygens (including phenoxy) is 3. The minimum absolute atomic E-state index is 0.0538. The summed E-state index contributed by atoms with van der Waals surface area (Å²) >= 11 is 0. The van der Waals surface area contributed by atoms with Crippen LogP contribution in [0.1, 0.15) is 23.2 Å². The van der Waals surface area contributed by atoms with E-state index in [4.69, 9.17) is 14.2 Å². The van der Waals surface area contributed by atoms with Crippen LogP contribution in [-0.4, -0.2) is 49.8 Å². The third kappa shape index (κ3) is 4.88. The fraction of sp³-hybridized carbons (Fsp3) is 0.364. The van der Waals surface area contributed by atoms with Gasteiger partial charge < -0.3 is 14.2 Å². The number of likely N-dealkylation sites (tertiary alicyclic amines) is 1. The molecule has 1 amide bonds. The molecule has 8 heteroatoms. The van der Waals surface area contributed by atoms with E-state index in [-0.39, 0.29) is 30.9 Å². The van der Waals surface area contributed by atoms with Crippen molar-refractivity contribution in [2.75, 3.05) is 38.4 Å². The van der Waals surface area contributed by atoms with Crippen molar-refractivity contribution in [3.63, 3.8) is 0 Å². The van der Waals surface area contributed by atoms with Gasteiger partial charge in [0.2, 0.25) is 6.79 Å². The smallest absolute Gasteiger partial charge is 0.411 e. The maximum absolute atomic E-state index is 13.0. The first-order valence-corrected chi connectivity index (χ1v) is 9.94. The minimum atomic E-state index is -0.532. The van der Waals surface area contributed by atoms with Crippen LogP contribution in [0.3, 0.4) is 0 Å². The van der Waals surface area contributed by atoms with E-state index in [0.29, 0.717) is 29.3 Å². The van der Waals surface area contributed by atoms with Gasteiger partial charge in [0.15, 0.2) is 17.3 Å². The van der Waals surface area contributed by atoms with Gasteiger partial charge in [-0.05, 0) is 62.3 Å².